The molecule has 2 aliphatic rings. The van der Waals surface area contributed by atoms with E-state index in [4.69, 9.17) is 9.73 Å². The van der Waals surface area contributed by atoms with Crippen LogP contribution in [0.2, 0.25) is 0 Å². The number of rotatable bonds is 7. The molecule has 1 N–H and O–H groups in total. The van der Waals surface area contributed by atoms with Gasteiger partial charge in [0, 0.05) is 38.1 Å². The Bertz CT molecular complexity index is 698. The number of nitrogens with one attached hydrogen (secondary N) is 1. The summed E-state index contributed by atoms with van der Waals surface area (Å²) in [5, 5.41) is 6.78. The van der Waals surface area contributed by atoms with Crippen molar-refractivity contribution in [3.05, 3.63) is 16.1 Å². The van der Waals surface area contributed by atoms with Gasteiger partial charge in [-0.05, 0) is 65.5 Å². The summed E-state index contributed by atoms with van der Waals surface area (Å²) in [4.78, 5) is 26.4. The molecule has 3 rings (SSSR count). The molecular weight excluding hydrogens is 525 g/mol. The number of aromatic nitrogens is 1. The molecule has 31 heavy (non-hydrogen) atoms. The Morgan fingerprint density at radius 3 is 2.52 bits per heavy atom. The van der Waals surface area contributed by atoms with Crippen molar-refractivity contribution in [3.8, 4) is 0 Å². The Morgan fingerprint density at radius 1 is 1.23 bits per heavy atom. The molecule has 0 bridgehead atoms. The lowest BCUT2D eigenvalue weighted by atomic mass is 9.96. The smallest absolute Gasteiger partial charge is 0.309 e. The standard InChI is InChI=1S/C22H37N5O2S.HI/c1-4-23-22(27-12-8-19(9-13-27)21(28)29-5-2)24-14-18-6-10-26(11-7-18)15-20-16-30-17(3)25-20;/h16,18-19H,4-15H2,1-3H3,(H,23,24);1H. The van der Waals surface area contributed by atoms with Gasteiger partial charge in [-0.1, -0.05) is 0 Å². The number of hydrogen-bond acceptors (Lipinski definition) is 6. The summed E-state index contributed by atoms with van der Waals surface area (Å²) in [6.07, 6.45) is 4.07. The second-order valence-electron chi connectivity index (χ2n) is 8.29. The van der Waals surface area contributed by atoms with Gasteiger partial charge in [0.2, 0.25) is 0 Å². The molecule has 1 aromatic rings. The highest BCUT2D eigenvalue weighted by Crippen LogP contribution is 2.21. The van der Waals surface area contributed by atoms with E-state index < -0.39 is 0 Å². The van der Waals surface area contributed by atoms with Gasteiger partial charge in [-0.25, -0.2) is 4.98 Å². The molecule has 9 heteroatoms. The van der Waals surface area contributed by atoms with E-state index in [1.54, 1.807) is 11.3 Å². The molecule has 0 aromatic carbocycles. The van der Waals surface area contributed by atoms with Crippen LogP contribution in [0.4, 0.5) is 0 Å². The van der Waals surface area contributed by atoms with E-state index in [-0.39, 0.29) is 35.9 Å². The van der Waals surface area contributed by atoms with Gasteiger partial charge in [0.1, 0.15) is 0 Å². The fourth-order valence-electron chi connectivity index (χ4n) is 4.27. The molecule has 0 spiro atoms. The van der Waals surface area contributed by atoms with Crippen molar-refractivity contribution in [1.82, 2.24) is 20.1 Å². The van der Waals surface area contributed by atoms with E-state index in [1.807, 2.05) is 6.92 Å². The van der Waals surface area contributed by atoms with Crippen molar-refractivity contribution >= 4 is 47.2 Å². The van der Waals surface area contributed by atoms with Crippen molar-refractivity contribution in [2.24, 2.45) is 16.8 Å². The van der Waals surface area contributed by atoms with Gasteiger partial charge in [-0.2, -0.15) is 0 Å². The second kappa shape index (κ2) is 13.6. The summed E-state index contributed by atoms with van der Waals surface area (Å²) in [5.41, 5.74) is 1.20. The molecule has 0 radical (unpaired) electrons. The number of guanidine groups is 1. The molecule has 3 heterocycles. The first-order valence-corrected chi connectivity index (χ1v) is 12.3. The third-order valence-corrected chi connectivity index (χ3v) is 6.83. The van der Waals surface area contributed by atoms with Crippen LogP contribution in [0.3, 0.4) is 0 Å². The number of aryl methyl sites for hydroxylation is 1. The van der Waals surface area contributed by atoms with Crippen LogP contribution in [0.15, 0.2) is 10.4 Å². The Hall–Kier alpha value is -0.940. The number of ether oxygens (including phenoxy) is 1. The number of carbonyl (C=O) groups excluding carboxylic acids is 1. The van der Waals surface area contributed by atoms with Crippen molar-refractivity contribution in [2.75, 3.05) is 45.9 Å². The fraction of sp³-hybridized carbons (Fsp3) is 0.773. The summed E-state index contributed by atoms with van der Waals surface area (Å²) in [6.45, 7) is 13.2. The molecule has 1 aromatic heterocycles. The van der Waals surface area contributed by atoms with Crippen LogP contribution >= 0.6 is 35.3 Å². The number of carbonyl (C=O) groups is 1. The van der Waals surface area contributed by atoms with Gasteiger partial charge in [-0.15, -0.1) is 35.3 Å². The van der Waals surface area contributed by atoms with Crippen molar-refractivity contribution < 1.29 is 9.53 Å². The molecule has 2 aliphatic heterocycles. The lowest BCUT2D eigenvalue weighted by molar-refractivity contribution is -0.149. The first kappa shape index (κ1) is 26.3. The predicted octanol–water partition coefficient (Wildman–Crippen LogP) is 3.52. The zero-order valence-electron chi connectivity index (χ0n) is 19.1. The summed E-state index contributed by atoms with van der Waals surface area (Å²) in [5.74, 6) is 1.64. The molecule has 2 fully saturated rings. The minimum atomic E-state index is -0.0429. The highest BCUT2D eigenvalue weighted by Gasteiger charge is 2.27. The lowest BCUT2D eigenvalue weighted by Crippen LogP contribution is -2.47. The number of esters is 1. The van der Waals surface area contributed by atoms with Crippen molar-refractivity contribution in [2.45, 2.75) is 53.0 Å². The minimum absolute atomic E-state index is 0. The van der Waals surface area contributed by atoms with E-state index in [0.29, 0.717) is 12.5 Å². The summed E-state index contributed by atoms with van der Waals surface area (Å²) in [6, 6.07) is 0. The maximum Gasteiger partial charge on any atom is 0.309 e. The van der Waals surface area contributed by atoms with E-state index in [2.05, 4.69) is 39.3 Å². The predicted molar refractivity (Wildman–Crippen MR) is 137 cm³/mol. The molecule has 0 amide bonds. The second-order valence-corrected chi connectivity index (χ2v) is 9.35. The number of piperidine rings is 2. The molecule has 7 nitrogen and oxygen atoms in total. The summed E-state index contributed by atoms with van der Waals surface area (Å²) < 4.78 is 5.19. The average molecular weight is 564 g/mol. The first-order valence-electron chi connectivity index (χ1n) is 11.4. The molecular formula is C22H38IN5O2S. The maximum absolute atomic E-state index is 12.0. The zero-order chi connectivity index (χ0) is 21.3. The number of aliphatic imine (C=N–C) groups is 1. The van der Waals surface area contributed by atoms with Crippen LogP contribution in [0, 0.1) is 18.8 Å². The fourth-order valence-corrected chi connectivity index (χ4v) is 4.87. The number of hydrogen-bond donors (Lipinski definition) is 1. The van der Waals surface area contributed by atoms with E-state index in [9.17, 15) is 4.79 Å². The zero-order valence-corrected chi connectivity index (χ0v) is 22.3. The van der Waals surface area contributed by atoms with Crippen LogP contribution in [0.1, 0.15) is 50.2 Å². The number of likely N-dealkylation sites (tertiary alicyclic amines) is 2. The monoisotopic (exact) mass is 563 g/mol. The number of nitrogens with zero attached hydrogens (tertiary/aromatic N) is 4. The minimum Gasteiger partial charge on any atom is -0.466 e. The molecule has 0 atom stereocenters. The van der Waals surface area contributed by atoms with Crippen molar-refractivity contribution in [1.29, 1.82) is 0 Å². The Labute approximate surface area is 208 Å². The quantitative estimate of drug-likeness (QED) is 0.237. The van der Waals surface area contributed by atoms with Gasteiger partial charge >= 0.3 is 5.97 Å². The van der Waals surface area contributed by atoms with Crippen LogP contribution in [0.5, 0.6) is 0 Å². The number of halogens is 1. The van der Waals surface area contributed by atoms with Gasteiger partial charge in [0.05, 0.1) is 23.2 Å². The van der Waals surface area contributed by atoms with E-state index in [0.717, 1.165) is 69.6 Å². The van der Waals surface area contributed by atoms with E-state index >= 15 is 0 Å². The molecule has 176 valence electrons. The molecule has 2 saturated heterocycles. The van der Waals surface area contributed by atoms with Crippen LogP contribution in [0.25, 0.3) is 0 Å². The Kier molecular flexibility index (Phi) is 11.5. The third kappa shape index (κ3) is 8.16. The third-order valence-electron chi connectivity index (χ3n) is 6.01. The van der Waals surface area contributed by atoms with Crippen LogP contribution in [-0.4, -0.2) is 72.6 Å². The first-order chi connectivity index (χ1) is 14.6. The molecule has 0 unspecified atom stereocenters. The van der Waals surface area contributed by atoms with Crippen molar-refractivity contribution in [3.63, 3.8) is 0 Å². The average Bonchev–Trinajstić information content (AvgIpc) is 3.17. The summed E-state index contributed by atoms with van der Waals surface area (Å²) >= 11 is 1.73. The molecule has 0 aliphatic carbocycles. The SMILES string of the molecule is CCNC(=NCC1CCN(Cc2csc(C)n2)CC1)N1CCC(C(=O)OCC)CC1.I. The Balaban J connectivity index is 0.00000341. The van der Waals surface area contributed by atoms with Gasteiger partial charge in [0.15, 0.2) is 5.96 Å². The topological polar surface area (TPSA) is 70.1 Å². The lowest BCUT2D eigenvalue weighted by Gasteiger charge is -2.34. The van der Waals surface area contributed by atoms with Gasteiger partial charge in [-0.3, -0.25) is 14.7 Å². The van der Waals surface area contributed by atoms with Crippen LogP contribution in [-0.2, 0) is 16.1 Å². The van der Waals surface area contributed by atoms with Crippen LogP contribution < -0.4 is 5.32 Å². The summed E-state index contributed by atoms with van der Waals surface area (Å²) in [7, 11) is 0. The Morgan fingerprint density at radius 2 is 1.94 bits per heavy atom. The maximum atomic E-state index is 12.0. The highest BCUT2D eigenvalue weighted by molar-refractivity contribution is 14.0. The van der Waals surface area contributed by atoms with Gasteiger partial charge in [0.25, 0.3) is 0 Å². The normalized spacial score (nSPS) is 19.2. The van der Waals surface area contributed by atoms with Gasteiger partial charge < -0.3 is 15.0 Å². The highest BCUT2D eigenvalue weighted by atomic mass is 127. The molecule has 0 saturated carbocycles. The largest absolute Gasteiger partial charge is 0.466 e. The van der Waals surface area contributed by atoms with E-state index in [1.165, 1.54) is 18.5 Å². The number of thiazole rings is 1.